The van der Waals surface area contributed by atoms with Crippen LogP contribution in [0.2, 0.25) is 5.02 Å². The highest BCUT2D eigenvalue weighted by atomic mass is 35.5. The molecule has 23 heavy (non-hydrogen) atoms. The highest BCUT2D eigenvalue weighted by molar-refractivity contribution is 7.93. The van der Waals surface area contributed by atoms with Gasteiger partial charge in [0.15, 0.2) is 5.13 Å². The molecule has 1 aliphatic heterocycles. The van der Waals surface area contributed by atoms with Gasteiger partial charge in [-0.2, -0.15) is 0 Å². The van der Waals surface area contributed by atoms with E-state index in [-0.39, 0.29) is 10.9 Å². The molecule has 2 atom stereocenters. The van der Waals surface area contributed by atoms with E-state index in [1.54, 1.807) is 17.6 Å². The van der Waals surface area contributed by atoms with Crippen LogP contribution < -0.4 is 15.4 Å². The van der Waals surface area contributed by atoms with Crippen molar-refractivity contribution < 1.29 is 8.42 Å². The Labute approximate surface area is 144 Å². The summed E-state index contributed by atoms with van der Waals surface area (Å²) in [5.41, 5.74) is 0.736. The molecule has 6 nitrogen and oxygen atoms in total. The summed E-state index contributed by atoms with van der Waals surface area (Å²) in [5.74, 6) is 0.487. The number of anilines is 2. The number of aromatic nitrogens is 1. The number of thiazole rings is 1. The molecule has 1 unspecified atom stereocenters. The van der Waals surface area contributed by atoms with Crippen molar-refractivity contribution in [3.05, 3.63) is 34.8 Å². The van der Waals surface area contributed by atoms with Gasteiger partial charge in [0.05, 0.1) is 15.6 Å². The van der Waals surface area contributed by atoms with Crippen molar-refractivity contribution in [1.29, 1.82) is 0 Å². The second-order valence-electron chi connectivity index (χ2n) is 5.47. The molecule has 124 valence electrons. The maximum Gasteiger partial charge on any atom is 0.263 e. The van der Waals surface area contributed by atoms with Crippen LogP contribution in [0, 0.1) is 5.92 Å². The van der Waals surface area contributed by atoms with Crippen molar-refractivity contribution in [2.45, 2.75) is 17.9 Å². The first-order valence-electron chi connectivity index (χ1n) is 7.15. The number of halogens is 1. The highest BCUT2D eigenvalue weighted by Crippen LogP contribution is 2.28. The monoisotopic (exact) mass is 372 g/mol. The summed E-state index contributed by atoms with van der Waals surface area (Å²) in [4.78, 5) is 4.03. The van der Waals surface area contributed by atoms with Crippen molar-refractivity contribution in [2.75, 3.05) is 23.1 Å². The van der Waals surface area contributed by atoms with E-state index in [4.69, 9.17) is 11.6 Å². The number of sulfonamides is 1. The van der Waals surface area contributed by atoms with Crippen LogP contribution in [0.25, 0.3) is 0 Å². The largest absolute Gasteiger partial charge is 0.380 e. The van der Waals surface area contributed by atoms with Crippen molar-refractivity contribution in [3.63, 3.8) is 0 Å². The molecule has 9 heteroatoms. The van der Waals surface area contributed by atoms with E-state index in [0.29, 0.717) is 16.1 Å². The van der Waals surface area contributed by atoms with E-state index in [0.717, 1.165) is 18.8 Å². The summed E-state index contributed by atoms with van der Waals surface area (Å²) in [6.45, 7) is 3.98. The Hall–Kier alpha value is -1.35. The van der Waals surface area contributed by atoms with Crippen molar-refractivity contribution >= 4 is 43.8 Å². The lowest BCUT2D eigenvalue weighted by Gasteiger charge is -2.19. The molecular formula is C14H17ClN4O2S2. The van der Waals surface area contributed by atoms with E-state index >= 15 is 0 Å². The fourth-order valence-corrected chi connectivity index (χ4v) is 4.55. The summed E-state index contributed by atoms with van der Waals surface area (Å²) >= 11 is 7.47. The average Bonchev–Trinajstić information content (AvgIpc) is 3.13. The lowest BCUT2D eigenvalue weighted by Crippen LogP contribution is -2.26. The lowest BCUT2D eigenvalue weighted by molar-refractivity contribution is 0.595. The van der Waals surface area contributed by atoms with Gasteiger partial charge >= 0.3 is 0 Å². The second-order valence-corrected chi connectivity index (χ2v) is 8.45. The smallest absolute Gasteiger partial charge is 0.263 e. The Morgan fingerprint density at radius 2 is 2.22 bits per heavy atom. The van der Waals surface area contributed by atoms with Crippen LogP contribution in [0.1, 0.15) is 6.92 Å². The quantitative estimate of drug-likeness (QED) is 0.751. The zero-order valence-corrected chi connectivity index (χ0v) is 14.8. The molecule has 0 bridgehead atoms. The Morgan fingerprint density at radius 3 is 2.83 bits per heavy atom. The summed E-state index contributed by atoms with van der Waals surface area (Å²) in [6, 6.07) is 4.97. The zero-order chi connectivity index (χ0) is 16.4. The number of hydrogen-bond donors (Lipinski definition) is 3. The van der Waals surface area contributed by atoms with Gasteiger partial charge < -0.3 is 10.6 Å². The minimum Gasteiger partial charge on any atom is -0.380 e. The fraction of sp³-hybridized carbons (Fsp3) is 0.357. The fourth-order valence-electron chi connectivity index (χ4n) is 2.43. The molecule has 0 amide bonds. The first kappa shape index (κ1) is 16.5. The van der Waals surface area contributed by atoms with Gasteiger partial charge in [0.25, 0.3) is 10.0 Å². The van der Waals surface area contributed by atoms with E-state index in [1.165, 1.54) is 23.5 Å². The van der Waals surface area contributed by atoms with E-state index in [9.17, 15) is 8.42 Å². The van der Waals surface area contributed by atoms with Crippen LogP contribution in [0.4, 0.5) is 10.8 Å². The summed E-state index contributed by atoms with van der Waals surface area (Å²) < 4.78 is 27.1. The topological polar surface area (TPSA) is 83.1 Å². The third-order valence-corrected chi connectivity index (χ3v) is 6.23. The van der Waals surface area contributed by atoms with E-state index in [2.05, 4.69) is 27.3 Å². The molecule has 2 heterocycles. The number of rotatable bonds is 5. The van der Waals surface area contributed by atoms with Crippen LogP contribution in [0.5, 0.6) is 0 Å². The van der Waals surface area contributed by atoms with Gasteiger partial charge in [-0.1, -0.05) is 18.5 Å². The summed E-state index contributed by atoms with van der Waals surface area (Å²) in [6.07, 6.45) is 1.54. The number of nitrogens with zero attached hydrogens (tertiary/aromatic N) is 1. The standard InChI is InChI=1S/C14H17ClN4O2S2/c1-9-7-16-8-13(9)18-12-3-2-10(6-11(12)15)23(20,21)19-14-17-4-5-22-14/h2-6,9,13,16,18H,7-8H2,1H3,(H,17,19)/t9-,13?/m0/s1. The minimum atomic E-state index is -3.69. The van der Waals surface area contributed by atoms with Crippen LogP contribution in [-0.4, -0.2) is 32.5 Å². The zero-order valence-electron chi connectivity index (χ0n) is 12.4. The molecule has 0 aliphatic carbocycles. The molecule has 1 aromatic carbocycles. The summed E-state index contributed by atoms with van der Waals surface area (Å²) in [7, 11) is -3.69. The molecule has 0 spiro atoms. The molecule has 3 N–H and O–H groups in total. The second kappa shape index (κ2) is 6.64. The van der Waals surface area contributed by atoms with E-state index in [1.807, 2.05) is 0 Å². The molecule has 1 fully saturated rings. The lowest BCUT2D eigenvalue weighted by atomic mass is 10.1. The normalized spacial score (nSPS) is 21.3. The molecule has 1 saturated heterocycles. The average molecular weight is 373 g/mol. The van der Waals surface area contributed by atoms with Gasteiger partial charge in [0.1, 0.15) is 0 Å². The molecule has 3 rings (SSSR count). The van der Waals surface area contributed by atoms with E-state index < -0.39 is 10.0 Å². The molecule has 2 aromatic rings. The van der Waals surface area contributed by atoms with Crippen molar-refractivity contribution in [3.8, 4) is 0 Å². The first-order chi connectivity index (χ1) is 11.0. The predicted octanol–water partition coefficient (Wildman–Crippen LogP) is 2.62. The van der Waals surface area contributed by atoms with Gasteiger partial charge in [0, 0.05) is 24.2 Å². The van der Waals surface area contributed by atoms with Crippen LogP contribution in [0.3, 0.4) is 0 Å². The molecule has 1 aromatic heterocycles. The SMILES string of the molecule is C[C@H]1CNCC1Nc1ccc(S(=O)(=O)Nc2nccs2)cc1Cl. The van der Waals surface area contributed by atoms with Gasteiger partial charge in [-0.05, 0) is 30.7 Å². The van der Waals surface area contributed by atoms with Crippen molar-refractivity contribution in [1.82, 2.24) is 10.3 Å². The first-order valence-corrected chi connectivity index (χ1v) is 9.89. The third-order valence-electron chi connectivity index (χ3n) is 3.76. The Balaban J connectivity index is 1.78. The maximum atomic E-state index is 12.3. The van der Waals surface area contributed by atoms with Gasteiger partial charge in [0.2, 0.25) is 0 Å². The number of nitrogens with one attached hydrogen (secondary N) is 3. The van der Waals surface area contributed by atoms with Gasteiger partial charge in [-0.25, -0.2) is 13.4 Å². The molecule has 1 aliphatic rings. The van der Waals surface area contributed by atoms with Crippen molar-refractivity contribution in [2.24, 2.45) is 5.92 Å². The molecule has 0 saturated carbocycles. The van der Waals surface area contributed by atoms with Crippen LogP contribution >= 0.6 is 22.9 Å². The van der Waals surface area contributed by atoms with Crippen LogP contribution in [-0.2, 0) is 10.0 Å². The van der Waals surface area contributed by atoms with Gasteiger partial charge in [-0.3, -0.25) is 4.72 Å². The summed E-state index contributed by atoms with van der Waals surface area (Å²) in [5, 5.41) is 9.08. The highest BCUT2D eigenvalue weighted by Gasteiger charge is 2.24. The maximum absolute atomic E-state index is 12.3. The minimum absolute atomic E-state index is 0.112. The number of hydrogen-bond acceptors (Lipinski definition) is 6. The molecule has 0 radical (unpaired) electrons. The van der Waals surface area contributed by atoms with Gasteiger partial charge in [-0.15, -0.1) is 11.3 Å². The third kappa shape index (κ3) is 3.77. The number of benzene rings is 1. The Morgan fingerprint density at radius 1 is 1.39 bits per heavy atom. The Kier molecular flexibility index (Phi) is 4.77. The molecular weight excluding hydrogens is 356 g/mol. The Bertz CT molecular complexity index is 780. The predicted molar refractivity (Wildman–Crippen MR) is 93.8 cm³/mol. The van der Waals surface area contributed by atoms with Crippen LogP contribution in [0.15, 0.2) is 34.7 Å².